The standard InChI is InChI=1S/C16H20ClN3O/c1-10(2)13-6-15(11(3)5-14(13)17)21-9-12-7-20-16(18-4)8-19-12/h5-8,10H,9H2,1-4H3,(H,18,20). The number of anilines is 1. The largest absolute Gasteiger partial charge is 0.487 e. The molecule has 1 aromatic heterocycles. The molecule has 0 saturated heterocycles. The molecule has 0 saturated carbocycles. The van der Waals surface area contributed by atoms with Crippen molar-refractivity contribution in [1.82, 2.24) is 9.97 Å². The Morgan fingerprint density at radius 2 is 2.00 bits per heavy atom. The summed E-state index contributed by atoms with van der Waals surface area (Å²) in [5.41, 5.74) is 2.90. The number of aromatic nitrogens is 2. The van der Waals surface area contributed by atoms with Crippen LogP contribution < -0.4 is 10.1 Å². The van der Waals surface area contributed by atoms with Crippen LogP contribution in [-0.4, -0.2) is 17.0 Å². The number of rotatable bonds is 5. The van der Waals surface area contributed by atoms with E-state index in [1.165, 1.54) is 0 Å². The van der Waals surface area contributed by atoms with Crippen molar-refractivity contribution in [3.05, 3.63) is 46.4 Å². The number of nitrogens with zero attached hydrogens (tertiary/aromatic N) is 2. The number of hydrogen-bond donors (Lipinski definition) is 1. The fraction of sp³-hybridized carbons (Fsp3) is 0.375. The van der Waals surface area contributed by atoms with Crippen molar-refractivity contribution >= 4 is 17.4 Å². The van der Waals surface area contributed by atoms with Crippen LogP contribution in [0.1, 0.15) is 36.6 Å². The van der Waals surface area contributed by atoms with Gasteiger partial charge in [-0.1, -0.05) is 25.4 Å². The summed E-state index contributed by atoms with van der Waals surface area (Å²) in [6, 6.07) is 3.96. The summed E-state index contributed by atoms with van der Waals surface area (Å²) in [7, 11) is 1.81. The lowest BCUT2D eigenvalue weighted by molar-refractivity contribution is 0.298. The van der Waals surface area contributed by atoms with E-state index >= 15 is 0 Å². The number of nitrogens with one attached hydrogen (secondary N) is 1. The predicted octanol–water partition coefficient (Wildman–Crippen LogP) is 4.18. The predicted molar refractivity (Wildman–Crippen MR) is 86.2 cm³/mol. The Bertz CT molecular complexity index is 612. The van der Waals surface area contributed by atoms with Crippen molar-refractivity contribution in [2.45, 2.75) is 33.3 Å². The summed E-state index contributed by atoms with van der Waals surface area (Å²) in [5.74, 6) is 1.93. The molecular weight excluding hydrogens is 286 g/mol. The van der Waals surface area contributed by atoms with Crippen LogP contribution >= 0.6 is 11.6 Å². The fourth-order valence-corrected chi connectivity index (χ4v) is 2.41. The highest BCUT2D eigenvalue weighted by molar-refractivity contribution is 6.31. The van der Waals surface area contributed by atoms with Gasteiger partial charge in [0, 0.05) is 12.1 Å². The van der Waals surface area contributed by atoms with Crippen LogP contribution in [0.5, 0.6) is 5.75 Å². The molecule has 21 heavy (non-hydrogen) atoms. The third-order valence-corrected chi connectivity index (χ3v) is 3.58. The summed E-state index contributed by atoms with van der Waals surface area (Å²) in [6.45, 7) is 6.60. The molecule has 0 atom stereocenters. The van der Waals surface area contributed by atoms with Crippen LogP contribution in [0.25, 0.3) is 0 Å². The van der Waals surface area contributed by atoms with Crippen molar-refractivity contribution < 1.29 is 4.74 Å². The minimum Gasteiger partial charge on any atom is -0.487 e. The lowest BCUT2D eigenvalue weighted by atomic mass is 10.0. The molecule has 0 aliphatic carbocycles. The van der Waals surface area contributed by atoms with Gasteiger partial charge in [0.2, 0.25) is 0 Å². The monoisotopic (exact) mass is 305 g/mol. The van der Waals surface area contributed by atoms with Crippen LogP contribution in [0.3, 0.4) is 0 Å². The maximum Gasteiger partial charge on any atom is 0.144 e. The second-order valence-corrected chi connectivity index (χ2v) is 5.63. The molecule has 2 rings (SSSR count). The van der Waals surface area contributed by atoms with E-state index in [9.17, 15) is 0 Å². The maximum atomic E-state index is 6.26. The average molecular weight is 306 g/mol. The minimum absolute atomic E-state index is 0.357. The number of halogens is 1. The number of benzene rings is 1. The second kappa shape index (κ2) is 6.76. The van der Waals surface area contributed by atoms with E-state index in [1.807, 2.05) is 26.1 Å². The molecule has 0 aliphatic rings. The lowest BCUT2D eigenvalue weighted by Crippen LogP contribution is -2.03. The number of ether oxygens (including phenoxy) is 1. The molecule has 4 nitrogen and oxygen atoms in total. The highest BCUT2D eigenvalue weighted by atomic mass is 35.5. The van der Waals surface area contributed by atoms with Crippen molar-refractivity contribution in [3.63, 3.8) is 0 Å². The molecule has 0 unspecified atom stereocenters. The van der Waals surface area contributed by atoms with Gasteiger partial charge in [-0.2, -0.15) is 0 Å². The van der Waals surface area contributed by atoms with Gasteiger partial charge in [0.05, 0.1) is 18.1 Å². The Labute approximate surface area is 130 Å². The first-order valence-electron chi connectivity index (χ1n) is 6.92. The Kier molecular flexibility index (Phi) is 5.02. The Morgan fingerprint density at radius 1 is 1.24 bits per heavy atom. The fourth-order valence-electron chi connectivity index (χ4n) is 1.98. The zero-order valence-corrected chi connectivity index (χ0v) is 13.5. The smallest absolute Gasteiger partial charge is 0.144 e. The Hall–Kier alpha value is -1.81. The van der Waals surface area contributed by atoms with Crippen LogP contribution in [0.4, 0.5) is 5.82 Å². The van der Waals surface area contributed by atoms with Crippen LogP contribution in [0, 0.1) is 6.92 Å². The van der Waals surface area contributed by atoms with Crippen LogP contribution in [0.2, 0.25) is 5.02 Å². The first-order valence-corrected chi connectivity index (χ1v) is 7.30. The summed E-state index contributed by atoms with van der Waals surface area (Å²) in [4.78, 5) is 8.51. The molecule has 0 amide bonds. The van der Waals surface area contributed by atoms with E-state index in [2.05, 4.69) is 29.1 Å². The molecule has 0 spiro atoms. The van der Waals surface area contributed by atoms with E-state index in [0.29, 0.717) is 12.5 Å². The highest BCUT2D eigenvalue weighted by Crippen LogP contribution is 2.31. The maximum absolute atomic E-state index is 6.26. The van der Waals surface area contributed by atoms with E-state index in [0.717, 1.165) is 33.4 Å². The van der Waals surface area contributed by atoms with Crippen molar-refractivity contribution in [3.8, 4) is 5.75 Å². The van der Waals surface area contributed by atoms with E-state index in [4.69, 9.17) is 16.3 Å². The van der Waals surface area contributed by atoms with Crippen molar-refractivity contribution in [2.24, 2.45) is 0 Å². The normalized spacial score (nSPS) is 10.8. The average Bonchev–Trinajstić information content (AvgIpc) is 2.46. The van der Waals surface area contributed by atoms with Gasteiger partial charge < -0.3 is 10.1 Å². The molecule has 1 aromatic carbocycles. The molecule has 0 radical (unpaired) electrons. The SMILES string of the molecule is CNc1cnc(COc2cc(C(C)C)c(Cl)cc2C)cn1. The molecule has 1 N–H and O–H groups in total. The van der Waals surface area contributed by atoms with E-state index in [1.54, 1.807) is 12.4 Å². The van der Waals surface area contributed by atoms with Gasteiger partial charge in [-0.05, 0) is 36.1 Å². The molecular formula is C16H20ClN3O. The van der Waals surface area contributed by atoms with Crippen molar-refractivity contribution in [2.75, 3.05) is 12.4 Å². The summed E-state index contributed by atoms with van der Waals surface area (Å²) in [6.07, 6.45) is 3.40. The van der Waals surface area contributed by atoms with Crippen molar-refractivity contribution in [1.29, 1.82) is 0 Å². The van der Waals surface area contributed by atoms with Gasteiger partial charge in [0.15, 0.2) is 0 Å². The van der Waals surface area contributed by atoms with Gasteiger partial charge in [-0.25, -0.2) is 4.98 Å². The molecule has 0 bridgehead atoms. The van der Waals surface area contributed by atoms with Gasteiger partial charge in [-0.3, -0.25) is 4.98 Å². The molecule has 1 heterocycles. The molecule has 2 aromatic rings. The zero-order valence-electron chi connectivity index (χ0n) is 12.8. The van der Waals surface area contributed by atoms with Gasteiger partial charge in [0.25, 0.3) is 0 Å². The second-order valence-electron chi connectivity index (χ2n) is 5.23. The zero-order chi connectivity index (χ0) is 15.4. The van der Waals surface area contributed by atoms with E-state index in [-0.39, 0.29) is 0 Å². The molecule has 0 fully saturated rings. The van der Waals surface area contributed by atoms with E-state index < -0.39 is 0 Å². The Balaban J connectivity index is 2.13. The quantitative estimate of drug-likeness (QED) is 0.900. The first-order chi connectivity index (χ1) is 10.0. The van der Waals surface area contributed by atoms with Crippen LogP contribution in [0.15, 0.2) is 24.5 Å². The summed E-state index contributed by atoms with van der Waals surface area (Å²) < 4.78 is 5.86. The number of hydrogen-bond acceptors (Lipinski definition) is 4. The topological polar surface area (TPSA) is 47.0 Å². The first kappa shape index (κ1) is 15.6. The summed E-state index contributed by atoms with van der Waals surface area (Å²) >= 11 is 6.26. The molecule has 112 valence electrons. The third kappa shape index (κ3) is 3.85. The van der Waals surface area contributed by atoms with Crippen LogP contribution in [-0.2, 0) is 6.61 Å². The summed E-state index contributed by atoms with van der Waals surface area (Å²) in [5, 5.41) is 3.72. The lowest BCUT2D eigenvalue weighted by Gasteiger charge is -2.14. The molecule has 5 heteroatoms. The van der Waals surface area contributed by atoms with Gasteiger partial charge >= 0.3 is 0 Å². The highest BCUT2D eigenvalue weighted by Gasteiger charge is 2.10. The third-order valence-electron chi connectivity index (χ3n) is 3.25. The Morgan fingerprint density at radius 3 is 2.57 bits per heavy atom. The molecule has 0 aliphatic heterocycles. The van der Waals surface area contributed by atoms with Gasteiger partial charge in [0.1, 0.15) is 18.2 Å². The number of aryl methyl sites for hydroxylation is 1. The minimum atomic E-state index is 0.357. The van der Waals surface area contributed by atoms with Gasteiger partial charge in [-0.15, -0.1) is 0 Å².